The first kappa shape index (κ1) is 17.8. The maximum absolute atomic E-state index is 12.8. The number of para-hydroxylation sites is 2. The van der Waals surface area contributed by atoms with Crippen LogP contribution in [-0.4, -0.2) is 15.5 Å². The minimum atomic E-state index is -4.45. The molecule has 0 aliphatic rings. The molecule has 0 saturated heterocycles. The second-order valence-corrected chi connectivity index (χ2v) is 5.95. The first-order valence-corrected chi connectivity index (χ1v) is 7.90. The molecule has 1 aromatic heterocycles. The van der Waals surface area contributed by atoms with Crippen LogP contribution < -0.4 is 11.0 Å². The second kappa shape index (κ2) is 6.70. The quantitative estimate of drug-likeness (QED) is 0.747. The third-order valence-electron chi connectivity index (χ3n) is 4.07. The molecule has 26 heavy (non-hydrogen) atoms. The van der Waals surface area contributed by atoms with Crippen LogP contribution in [0.3, 0.4) is 0 Å². The molecule has 1 unspecified atom stereocenters. The Hall–Kier alpha value is -3.03. The van der Waals surface area contributed by atoms with Crippen LogP contribution in [0.1, 0.15) is 24.1 Å². The SMILES string of the molecule is CC(NC(=O)Cn1c(=O)[nH]c2ccccc21)c1cccc(C(F)(F)F)c1. The molecule has 0 spiro atoms. The van der Waals surface area contributed by atoms with Gasteiger partial charge in [-0.15, -0.1) is 0 Å². The van der Waals surface area contributed by atoms with Crippen molar-refractivity contribution in [1.82, 2.24) is 14.9 Å². The minimum Gasteiger partial charge on any atom is -0.348 e. The van der Waals surface area contributed by atoms with Gasteiger partial charge >= 0.3 is 11.9 Å². The summed E-state index contributed by atoms with van der Waals surface area (Å²) in [6, 6.07) is 11.1. The Morgan fingerprint density at radius 3 is 2.65 bits per heavy atom. The van der Waals surface area contributed by atoms with E-state index < -0.39 is 29.4 Å². The van der Waals surface area contributed by atoms with E-state index >= 15 is 0 Å². The predicted octanol–water partition coefficient (Wildman–Crippen LogP) is 3.23. The summed E-state index contributed by atoms with van der Waals surface area (Å²) in [7, 11) is 0. The largest absolute Gasteiger partial charge is 0.416 e. The zero-order valence-corrected chi connectivity index (χ0v) is 13.8. The molecule has 3 aromatic rings. The zero-order chi connectivity index (χ0) is 18.9. The van der Waals surface area contributed by atoms with E-state index in [1.54, 1.807) is 31.2 Å². The minimum absolute atomic E-state index is 0.230. The molecule has 2 aromatic carbocycles. The van der Waals surface area contributed by atoms with Crippen molar-refractivity contribution in [3.63, 3.8) is 0 Å². The number of nitrogens with one attached hydrogen (secondary N) is 2. The van der Waals surface area contributed by atoms with Gasteiger partial charge in [0.2, 0.25) is 5.91 Å². The van der Waals surface area contributed by atoms with Crippen molar-refractivity contribution in [3.05, 3.63) is 70.1 Å². The van der Waals surface area contributed by atoms with Crippen molar-refractivity contribution in [2.24, 2.45) is 0 Å². The van der Waals surface area contributed by atoms with Crippen molar-refractivity contribution in [2.45, 2.75) is 25.7 Å². The van der Waals surface area contributed by atoms with Gasteiger partial charge in [-0.2, -0.15) is 13.2 Å². The maximum atomic E-state index is 12.8. The van der Waals surface area contributed by atoms with Gasteiger partial charge in [0.25, 0.3) is 0 Å². The highest BCUT2D eigenvalue weighted by atomic mass is 19.4. The van der Waals surface area contributed by atoms with Crippen molar-refractivity contribution in [3.8, 4) is 0 Å². The van der Waals surface area contributed by atoms with Crippen LogP contribution in [0, 0.1) is 0 Å². The lowest BCUT2D eigenvalue weighted by Crippen LogP contribution is -2.33. The third kappa shape index (κ3) is 3.63. The normalized spacial score (nSPS) is 12.9. The molecule has 0 fully saturated rings. The van der Waals surface area contributed by atoms with E-state index in [0.29, 0.717) is 16.6 Å². The number of carbonyl (C=O) groups excluding carboxylic acids is 1. The number of benzene rings is 2. The van der Waals surface area contributed by atoms with Gasteiger partial charge in [0.05, 0.1) is 22.6 Å². The fourth-order valence-electron chi connectivity index (χ4n) is 2.76. The molecule has 1 atom stereocenters. The number of alkyl halides is 3. The average molecular weight is 363 g/mol. The third-order valence-corrected chi connectivity index (χ3v) is 4.07. The van der Waals surface area contributed by atoms with Crippen LogP contribution in [0.5, 0.6) is 0 Å². The zero-order valence-electron chi connectivity index (χ0n) is 13.8. The Labute approximate surface area is 146 Å². The van der Waals surface area contributed by atoms with Crippen LogP contribution in [0.15, 0.2) is 53.3 Å². The van der Waals surface area contributed by atoms with Gasteiger partial charge in [0.15, 0.2) is 0 Å². The molecule has 2 N–H and O–H groups in total. The fraction of sp³-hybridized carbons (Fsp3) is 0.222. The number of aromatic nitrogens is 2. The second-order valence-electron chi connectivity index (χ2n) is 5.95. The fourth-order valence-corrected chi connectivity index (χ4v) is 2.76. The number of imidazole rings is 1. The lowest BCUT2D eigenvalue weighted by Gasteiger charge is -2.16. The van der Waals surface area contributed by atoms with E-state index in [4.69, 9.17) is 0 Å². The van der Waals surface area contributed by atoms with Crippen molar-refractivity contribution >= 4 is 16.9 Å². The molecule has 0 radical (unpaired) electrons. The van der Waals surface area contributed by atoms with Crippen molar-refractivity contribution in [2.75, 3.05) is 0 Å². The molecule has 3 rings (SSSR count). The summed E-state index contributed by atoms with van der Waals surface area (Å²) in [6.07, 6.45) is -4.45. The van der Waals surface area contributed by atoms with Crippen LogP contribution in [0.2, 0.25) is 0 Å². The smallest absolute Gasteiger partial charge is 0.348 e. The molecular weight excluding hydrogens is 347 g/mol. The van der Waals surface area contributed by atoms with E-state index in [2.05, 4.69) is 10.3 Å². The molecule has 1 amide bonds. The summed E-state index contributed by atoms with van der Waals surface area (Å²) in [4.78, 5) is 26.9. The van der Waals surface area contributed by atoms with Crippen LogP contribution in [0.4, 0.5) is 13.2 Å². The van der Waals surface area contributed by atoms with Gasteiger partial charge < -0.3 is 10.3 Å². The van der Waals surface area contributed by atoms with Gasteiger partial charge in [-0.05, 0) is 36.8 Å². The van der Waals surface area contributed by atoms with Crippen molar-refractivity contribution < 1.29 is 18.0 Å². The summed E-state index contributed by atoms with van der Waals surface area (Å²) in [5, 5.41) is 2.63. The number of halogens is 3. The van der Waals surface area contributed by atoms with E-state index in [1.807, 2.05) is 0 Å². The van der Waals surface area contributed by atoms with Gasteiger partial charge in [-0.25, -0.2) is 4.79 Å². The highest BCUT2D eigenvalue weighted by molar-refractivity contribution is 5.80. The number of hydrogen-bond acceptors (Lipinski definition) is 2. The number of amides is 1. The number of aromatic amines is 1. The predicted molar refractivity (Wildman–Crippen MR) is 90.6 cm³/mol. The number of fused-ring (bicyclic) bond motifs is 1. The first-order valence-electron chi connectivity index (χ1n) is 7.90. The Kier molecular flexibility index (Phi) is 4.58. The Morgan fingerprint density at radius 1 is 1.19 bits per heavy atom. The maximum Gasteiger partial charge on any atom is 0.416 e. The Balaban J connectivity index is 1.76. The van der Waals surface area contributed by atoms with Gasteiger partial charge in [0.1, 0.15) is 6.54 Å². The molecule has 1 heterocycles. The summed E-state index contributed by atoms with van der Waals surface area (Å²) in [6.45, 7) is 1.36. The highest BCUT2D eigenvalue weighted by Gasteiger charge is 2.30. The van der Waals surface area contributed by atoms with Gasteiger partial charge in [-0.3, -0.25) is 9.36 Å². The van der Waals surface area contributed by atoms with E-state index in [-0.39, 0.29) is 6.54 Å². The average Bonchev–Trinajstić information content (AvgIpc) is 2.90. The molecule has 0 aliphatic heterocycles. The molecule has 5 nitrogen and oxygen atoms in total. The van der Waals surface area contributed by atoms with Gasteiger partial charge in [0, 0.05) is 0 Å². The Bertz CT molecular complexity index is 1000. The van der Waals surface area contributed by atoms with E-state index in [9.17, 15) is 22.8 Å². The number of nitrogens with zero attached hydrogens (tertiary/aromatic N) is 1. The standard InChI is InChI=1S/C18H16F3N3O2/c1-11(12-5-4-6-13(9-12)18(19,20)21)22-16(25)10-24-15-8-3-2-7-14(15)23-17(24)26/h2-9,11H,10H2,1H3,(H,22,25)(H,23,26). The number of H-pyrrole nitrogens is 1. The lowest BCUT2D eigenvalue weighted by atomic mass is 10.0. The Morgan fingerprint density at radius 2 is 1.92 bits per heavy atom. The summed E-state index contributed by atoms with van der Waals surface area (Å²) in [5.74, 6) is -0.471. The van der Waals surface area contributed by atoms with Crippen LogP contribution in [-0.2, 0) is 17.5 Å². The molecule has 0 bridgehead atoms. The summed E-state index contributed by atoms with van der Waals surface area (Å²) >= 11 is 0. The topological polar surface area (TPSA) is 66.9 Å². The number of rotatable bonds is 4. The van der Waals surface area contributed by atoms with Gasteiger partial charge in [-0.1, -0.05) is 24.3 Å². The molecule has 136 valence electrons. The van der Waals surface area contributed by atoms with Crippen LogP contribution in [0.25, 0.3) is 11.0 Å². The summed E-state index contributed by atoms with van der Waals surface area (Å²) < 4.78 is 39.7. The molecule has 0 aliphatic carbocycles. The van der Waals surface area contributed by atoms with Crippen molar-refractivity contribution in [1.29, 1.82) is 0 Å². The summed E-state index contributed by atoms with van der Waals surface area (Å²) in [5.41, 5.74) is 0.326. The monoisotopic (exact) mass is 363 g/mol. The van der Waals surface area contributed by atoms with E-state index in [1.165, 1.54) is 16.7 Å². The van der Waals surface area contributed by atoms with E-state index in [0.717, 1.165) is 12.1 Å². The molecule has 0 saturated carbocycles. The number of carbonyl (C=O) groups is 1. The first-order chi connectivity index (χ1) is 12.3. The van der Waals surface area contributed by atoms with Crippen LogP contribution >= 0.6 is 0 Å². The number of hydrogen-bond donors (Lipinski definition) is 2. The molecular formula is C18H16F3N3O2. The highest BCUT2D eigenvalue weighted by Crippen LogP contribution is 2.30. The lowest BCUT2D eigenvalue weighted by molar-refractivity contribution is -0.137. The molecule has 8 heteroatoms.